The third-order valence-corrected chi connectivity index (χ3v) is 2.86. The molecule has 0 radical (unpaired) electrons. The van der Waals surface area contributed by atoms with Crippen LogP contribution in [0.1, 0.15) is 11.1 Å². The average molecular weight is 196 g/mol. The fraction of sp³-hybridized carbons (Fsp3) is 0.154. The largest absolute Gasteiger partial charge is 0.309 e. The molecule has 2 nitrogen and oxygen atoms in total. The van der Waals surface area contributed by atoms with Crippen molar-refractivity contribution in [3.8, 4) is 11.1 Å². The van der Waals surface area contributed by atoms with Crippen molar-refractivity contribution in [1.82, 2.24) is 10.3 Å². The summed E-state index contributed by atoms with van der Waals surface area (Å²) in [7, 11) is 0. The Morgan fingerprint density at radius 2 is 2.07 bits per heavy atom. The summed E-state index contributed by atoms with van der Waals surface area (Å²) >= 11 is 0. The molecule has 74 valence electrons. The van der Waals surface area contributed by atoms with Crippen LogP contribution in [0.5, 0.6) is 0 Å². The Hall–Kier alpha value is -1.67. The standard InChI is InChI=1S/C13H12N2/c1-3-11-8-15-9-13(11)12(5-1)10-4-2-6-14-7-10/h1-7,15H,8-9H2. The molecule has 1 aromatic heterocycles. The van der Waals surface area contributed by atoms with Crippen LogP contribution in [0, 0.1) is 0 Å². The monoisotopic (exact) mass is 196 g/mol. The molecule has 0 saturated heterocycles. The van der Waals surface area contributed by atoms with Crippen molar-refractivity contribution >= 4 is 0 Å². The maximum absolute atomic E-state index is 4.17. The van der Waals surface area contributed by atoms with Gasteiger partial charge in [-0.1, -0.05) is 24.3 Å². The summed E-state index contributed by atoms with van der Waals surface area (Å²) in [4.78, 5) is 4.17. The van der Waals surface area contributed by atoms with E-state index in [-0.39, 0.29) is 0 Å². The predicted molar refractivity (Wildman–Crippen MR) is 60.2 cm³/mol. The van der Waals surface area contributed by atoms with Crippen LogP contribution in [0.4, 0.5) is 0 Å². The molecule has 1 aromatic carbocycles. The second-order valence-electron chi connectivity index (χ2n) is 3.79. The zero-order valence-corrected chi connectivity index (χ0v) is 8.40. The molecule has 3 rings (SSSR count). The van der Waals surface area contributed by atoms with Crippen molar-refractivity contribution in [1.29, 1.82) is 0 Å². The highest BCUT2D eigenvalue weighted by Gasteiger charge is 2.14. The number of hydrogen-bond donors (Lipinski definition) is 1. The summed E-state index contributed by atoms with van der Waals surface area (Å²) in [6.07, 6.45) is 3.73. The summed E-state index contributed by atoms with van der Waals surface area (Å²) in [6, 6.07) is 10.6. The van der Waals surface area contributed by atoms with Gasteiger partial charge in [-0.15, -0.1) is 0 Å². The molecule has 0 atom stereocenters. The maximum Gasteiger partial charge on any atom is 0.0346 e. The first-order chi connectivity index (χ1) is 7.45. The van der Waals surface area contributed by atoms with Gasteiger partial charge in [0, 0.05) is 31.0 Å². The SMILES string of the molecule is c1cncc(-c2cccc3c2CNC3)c1. The number of rotatable bonds is 1. The van der Waals surface area contributed by atoms with E-state index in [1.54, 1.807) is 0 Å². The summed E-state index contributed by atoms with van der Waals surface area (Å²) in [5, 5.41) is 3.38. The minimum absolute atomic E-state index is 0.973. The quantitative estimate of drug-likeness (QED) is 0.757. The van der Waals surface area contributed by atoms with Crippen LogP contribution >= 0.6 is 0 Å². The second kappa shape index (κ2) is 3.48. The Kier molecular flexibility index (Phi) is 2.00. The lowest BCUT2D eigenvalue weighted by Crippen LogP contribution is -2.00. The van der Waals surface area contributed by atoms with Crippen molar-refractivity contribution < 1.29 is 0 Å². The van der Waals surface area contributed by atoms with Crippen LogP contribution < -0.4 is 5.32 Å². The fourth-order valence-corrected chi connectivity index (χ4v) is 2.12. The van der Waals surface area contributed by atoms with Gasteiger partial charge in [0.1, 0.15) is 0 Å². The van der Waals surface area contributed by atoms with E-state index >= 15 is 0 Å². The first-order valence-electron chi connectivity index (χ1n) is 5.17. The van der Waals surface area contributed by atoms with E-state index in [0.29, 0.717) is 0 Å². The average Bonchev–Trinajstić information content (AvgIpc) is 2.78. The van der Waals surface area contributed by atoms with Crippen LogP contribution in [0.2, 0.25) is 0 Å². The van der Waals surface area contributed by atoms with Crippen molar-refractivity contribution in [2.24, 2.45) is 0 Å². The number of hydrogen-bond acceptors (Lipinski definition) is 2. The summed E-state index contributed by atoms with van der Waals surface area (Å²) in [5.74, 6) is 0. The van der Waals surface area contributed by atoms with E-state index in [2.05, 4.69) is 34.6 Å². The van der Waals surface area contributed by atoms with E-state index in [9.17, 15) is 0 Å². The number of fused-ring (bicyclic) bond motifs is 1. The molecule has 1 aliphatic rings. The van der Waals surface area contributed by atoms with Crippen LogP contribution in [0.15, 0.2) is 42.7 Å². The lowest BCUT2D eigenvalue weighted by atomic mass is 9.98. The molecule has 2 heterocycles. The van der Waals surface area contributed by atoms with Crippen molar-refractivity contribution in [2.75, 3.05) is 0 Å². The van der Waals surface area contributed by atoms with Gasteiger partial charge < -0.3 is 5.32 Å². The predicted octanol–water partition coefficient (Wildman–Crippen LogP) is 2.35. The van der Waals surface area contributed by atoms with Gasteiger partial charge in [0.2, 0.25) is 0 Å². The van der Waals surface area contributed by atoms with E-state index in [1.807, 2.05) is 18.5 Å². The first kappa shape index (κ1) is 8.62. The fourth-order valence-electron chi connectivity index (χ4n) is 2.12. The van der Waals surface area contributed by atoms with Gasteiger partial charge in [-0.25, -0.2) is 0 Å². The molecule has 2 heteroatoms. The highest BCUT2D eigenvalue weighted by molar-refractivity contribution is 5.68. The molecule has 0 unspecified atom stereocenters. The van der Waals surface area contributed by atoms with Gasteiger partial charge in [0.15, 0.2) is 0 Å². The number of nitrogens with one attached hydrogen (secondary N) is 1. The molecular formula is C13H12N2. The number of nitrogens with zero attached hydrogens (tertiary/aromatic N) is 1. The Morgan fingerprint density at radius 1 is 1.07 bits per heavy atom. The van der Waals surface area contributed by atoms with Gasteiger partial charge in [-0.2, -0.15) is 0 Å². The Bertz CT molecular complexity index is 477. The van der Waals surface area contributed by atoms with Crippen molar-refractivity contribution in [2.45, 2.75) is 13.1 Å². The van der Waals surface area contributed by atoms with Gasteiger partial charge in [0.05, 0.1) is 0 Å². The highest BCUT2D eigenvalue weighted by Crippen LogP contribution is 2.28. The van der Waals surface area contributed by atoms with Crippen LogP contribution in [0.25, 0.3) is 11.1 Å². The van der Waals surface area contributed by atoms with Crippen LogP contribution in [0.3, 0.4) is 0 Å². The Balaban J connectivity index is 2.17. The highest BCUT2D eigenvalue weighted by atomic mass is 14.9. The van der Waals surface area contributed by atoms with E-state index in [0.717, 1.165) is 13.1 Å². The molecule has 1 N–H and O–H groups in total. The lowest BCUT2D eigenvalue weighted by molar-refractivity contribution is 0.765. The Morgan fingerprint density at radius 3 is 2.93 bits per heavy atom. The van der Waals surface area contributed by atoms with Crippen LogP contribution in [-0.4, -0.2) is 4.98 Å². The molecule has 0 bridgehead atoms. The van der Waals surface area contributed by atoms with E-state index in [1.165, 1.54) is 22.3 Å². The minimum atomic E-state index is 0.973. The van der Waals surface area contributed by atoms with Gasteiger partial charge >= 0.3 is 0 Å². The molecule has 2 aromatic rings. The minimum Gasteiger partial charge on any atom is -0.309 e. The molecule has 15 heavy (non-hydrogen) atoms. The normalized spacial score (nSPS) is 13.9. The zero-order valence-electron chi connectivity index (χ0n) is 8.40. The molecule has 0 spiro atoms. The topological polar surface area (TPSA) is 24.9 Å². The first-order valence-corrected chi connectivity index (χ1v) is 5.17. The summed E-state index contributed by atoms with van der Waals surface area (Å²) < 4.78 is 0. The molecule has 0 amide bonds. The van der Waals surface area contributed by atoms with Gasteiger partial charge in [-0.3, -0.25) is 4.98 Å². The number of pyridine rings is 1. The third kappa shape index (κ3) is 1.43. The molecule has 1 aliphatic heterocycles. The van der Waals surface area contributed by atoms with Gasteiger partial charge in [0.25, 0.3) is 0 Å². The smallest absolute Gasteiger partial charge is 0.0346 e. The van der Waals surface area contributed by atoms with E-state index in [4.69, 9.17) is 0 Å². The zero-order chi connectivity index (χ0) is 10.1. The van der Waals surface area contributed by atoms with Crippen LogP contribution in [-0.2, 0) is 13.1 Å². The lowest BCUT2D eigenvalue weighted by Gasteiger charge is -2.06. The molecular weight excluding hydrogens is 184 g/mol. The number of benzene rings is 1. The Labute approximate surface area is 89.0 Å². The van der Waals surface area contributed by atoms with E-state index < -0.39 is 0 Å². The van der Waals surface area contributed by atoms with Crippen molar-refractivity contribution in [3.05, 3.63) is 53.9 Å². The number of aromatic nitrogens is 1. The molecule has 0 saturated carbocycles. The third-order valence-electron chi connectivity index (χ3n) is 2.86. The summed E-state index contributed by atoms with van der Waals surface area (Å²) in [5.41, 5.74) is 5.35. The maximum atomic E-state index is 4.17. The van der Waals surface area contributed by atoms with Crippen molar-refractivity contribution in [3.63, 3.8) is 0 Å². The van der Waals surface area contributed by atoms with Gasteiger partial charge in [-0.05, 0) is 22.8 Å². The molecule has 0 fully saturated rings. The second-order valence-corrected chi connectivity index (χ2v) is 3.79. The summed E-state index contributed by atoms with van der Waals surface area (Å²) in [6.45, 7) is 1.96. The molecule has 0 aliphatic carbocycles.